The highest BCUT2D eigenvalue weighted by molar-refractivity contribution is 6.31. The number of pyridine rings is 1. The first kappa shape index (κ1) is 19.0. The van der Waals surface area contributed by atoms with Gasteiger partial charge in [-0.1, -0.05) is 18.5 Å². The Morgan fingerprint density at radius 3 is 2.96 bits per heavy atom. The fourth-order valence-electron chi connectivity index (χ4n) is 3.99. The van der Waals surface area contributed by atoms with Gasteiger partial charge in [0, 0.05) is 65.8 Å². The van der Waals surface area contributed by atoms with E-state index >= 15 is 0 Å². The van der Waals surface area contributed by atoms with Crippen LogP contribution in [0.1, 0.15) is 23.7 Å². The number of hydrogen-bond acceptors (Lipinski definition) is 3. The Morgan fingerprint density at radius 1 is 1.36 bits per heavy atom. The fraction of sp³-hybridized carbons (Fsp3) is 0.364. The van der Waals surface area contributed by atoms with Gasteiger partial charge >= 0.3 is 0 Å². The molecule has 0 bridgehead atoms. The summed E-state index contributed by atoms with van der Waals surface area (Å²) in [6.07, 6.45) is 4.44. The Labute approximate surface area is 170 Å². The summed E-state index contributed by atoms with van der Waals surface area (Å²) in [7, 11) is 2.14. The van der Waals surface area contributed by atoms with Gasteiger partial charge < -0.3 is 14.8 Å². The molecule has 28 heavy (non-hydrogen) atoms. The van der Waals surface area contributed by atoms with Crippen molar-refractivity contribution in [2.45, 2.75) is 33.4 Å². The van der Waals surface area contributed by atoms with Crippen LogP contribution in [0.5, 0.6) is 0 Å². The lowest BCUT2D eigenvalue weighted by molar-refractivity contribution is -0.119. The van der Waals surface area contributed by atoms with Crippen LogP contribution in [-0.2, 0) is 24.3 Å². The summed E-state index contributed by atoms with van der Waals surface area (Å²) in [6.45, 7) is 6.51. The molecule has 0 fully saturated rings. The van der Waals surface area contributed by atoms with Crippen molar-refractivity contribution in [3.8, 4) is 0 Å². The summed E-state index contributed by atoms with van der Waals surface area (Å²) < 4.78 is 2.32. The SMILES string of the molecule is Cc1cnccc1NC(=O)C(C)Cn1c2c(c3cc(Cl)ccc31)CN(C)CC2. The molecule has 0 spiro atoms. The number of fused-ring (bicyclic) bond motifs is 3. The van der Waals surface area contributed by atoms with Crippen molar-refractivity contribution in [3.05, 3.63) is 58.5 Å². The predicted molar refractivity (Wildman–Crippen MR) is 114 cm³/mol. The number of halogens is 1. The Morgan fingerprint density at radius 2 is 2.18 bits per heavy atom. The largest absolute Gasteiger partial charge is 0.343 e. The fourth-order valence-corrected chi connectivity index (χ4v) is 4.16. The van der Waals surface area contributed by atoms with E-state index < -0.39 is 0 Å². The molecule has 0 radical (unpaired) electrons. The molecule has 6 heteroatoms. The average molecular weight is 397 g/mol. The lowest BCUT2D eigenvalue weighted by Crippen LogP contribution is -2.29. The quantitative estimate of drug-likeness (QED) is 0.716. The zero-order chi connectivity index (χ0) is 19.8. The first-order valence-corrected chi connectivity index (χ1v) is 10.0. The Hall–Kier alpha value is -2.37. The molecular weight excluding hydrogens is 372 g/mol. The van der Waals surface area contributed by atoms with Gasteiger partial charge in [-0.25, -0.2) is 0 Å². The van der Waals surface area contributed by atoms with Crippen molar-refractivity contribution in [2.24, 2.45) is 5.92 Å². The van der Waals surface area contributed by atoms with E-state index in [1.807, 2.05) is 26.0 Å². The van der Waals surface area contributed by atoms with Crippen molar-refractivity contribution < 1.29 is 4.79 Å². The van der Waals surface area contributed by atoms with Gasteiger partial charge in [0.05, 0.1) is 5.92 Å². The molecule has 1 unspecified atom stereocenters. The minimum atomic E-state index is -0.164. The zero-order valence-corrected chi connectivity index (χ0v) is 17.3. The van der Waals surface area contributed by atoms with Gasteiger partial charge in [0.1, 0.15) is 0 Å². The molecule has 5 nitrogen and oxygen atoms in total. The van der Waals surface area contributed by atoms with Crippen LogP contribution in [0, 0.1) is 12.8 Å². The van der Waals surface area contributed by atoms with Gasteiger partial charge in [-0.2, -0.15) is 0 Å². The van der Waals surface area contributed by atoms with E-state index in [2.05, 4.69) is 38.9 Å². The first-order valence-electron chi connectivity index (χ1n) is 9.63. The van der Waals surface area contributed by atoms with Crippen molar-refractivity contribution in [1.29, 1.82) is 0 Å². The molecule has 1 amide bonds. The molecule has 3 aromatic rings. The normalized spacial score (nSPS) is 15.4. The van der Waals surface area contributed by atoms with E-state index in [0.717, 1.165) is 41.3 Å². The predicted octanol–water partition coefficient (Wildman–Crippen LogP) is 4.26. The maximum Gasteiger partial charge on any atom is 0.229 e. The van der Waals surface area contributed by atoms with E-state index in [4.69, 9.17) is 11.6 Å². The smallest absolute Gasteiger partial charge is 0.229 e. The molecule has 1 atom stereocenters. The topological polar surface area (TPSA) is 50.2 Å². The molecule has 2 aromatic heterocycles. The van der Waals surface area contributed by atoms with Gasteiger partial charge in [-0.3, -0.25) is 9.78 Å². The summed E-state index contributed by atoms with van der Waals surface area (Å²) in [5.74, 6) is -0.144. The number of carbonyl (C=O) groups is 1. The highest BCUT2D eigenvalue weighted by Gasteiger charge is 2.25. The van der Waals surface area contributed by atoms with Crippen LogP contribution >= 0.6 is 11.6 Å². The van der Waals surface area contributed by atoms with Gasteiger partial charge in [0.25, 0.3) is 0 Å². The maximum absolute atomic E-state index is 12.8. The van der Waals surface area contributed by atoms with E-state index in [1.54, 1.807) is 12.4 Å². The molecule has 0 saturated carbocycles. The van der Waals surface area contributed by atoms with Crippen molar-refractivity contribution in [1.82, 2.24) is 14.5 Å². The summed E-state index contributed by atoms with van der Waals surface area (Å²) in [5.41, 5.74) is 5.60. The lowest BCUT2D eigenvalue weighted by Gasteiger charge is -2.25. The number of carbonyl (C=O) groups excluding carboxylic acids is 1. The van der Waals surface area contributed by atoms with Gasteiger partial charge in [-0.15, -0.1) is 0 Å². The molecular formula is C22H25ClN4O. The zero-order valence-electron chi connectivity index (χ0n) is 16.5. The monoisotopic (exact) mass is 396 g/mol. The summed E-state index contributed by atoms with van der Waals surface area (Å²) in [6, 6.07) is 7.90. The number of rotatable bonds is 4. The van der Waals surface area contributed by atoms with Crippen molar-refractivity contribution >= 4 is 34.1 Å². The molecule has 1 aliphatic rings. The molecule has 4 rings (SSSR count). The number of nitrogens with zero attached hydrogens (tertiary/aromatic N) is 3. The third kappa shape index (κ3) is 3.52. The number of benzene rings is 1. The molecule has 3 heterocycles. The van der Waals surface area contributed by atoms with Crippen LogP contribution in [0.25, 0.3) is 10.9 Å². The molecule has 146 valence electrons. The van der Waals surface area contributed by atoms with Crippen LogP contribution in [0.15, 0.2) is 36.7 Å². The number of anilines is 1. The molecule has 1 aliphatic heterocycles. The lowest BCUT2D eigenvalue weighted by atomic mass is 10.0. The second-order valence-electron chi connectivity index (χ2n) is 7.77. The van der Waals surface area contributed by atoms with Crippen LogP contribution < -0.4 is 5.32 Å². The average Bonchev–Trinajstić information content (AvgIpc) is 2.96. The van der Waals surface area contributed by atoms with Crippen LogP contribution in [0.2, 0.25) is 5.02 Å². The van der Waals surface area contributed by atoms with Crippen LogP contribution in [-0.4, -0.2) is 34.0 Å². The standard InChI is InChI=1S/C22H25ClN4O/c1-14-11-24-8-6-19(14)25-22(28)15(2)12-27-20-5-4-16(23)10-17(20)18-13-26(3)9-7-21(18)27/h4-6,8,10-11,15H,7,9,12-13H2,1-3H3,(H,24,25,28). The van der Waals surface area contributed by atoms with Crippen molar-refractivity contribution in [3.63, 3.8) is 0 Å². The molecule has 1 N–H and O–H groups in total. The van der Waals surface area contributed by atoms with Gasteiger partial charge in [0.2, 0.25) is 5.91 Å². The first-order chi connectivity index (χ1) is 13.4. The Bertz CT molecular complexity index is 1040. The number of aryl methyl sites for hydroxylation is 1. The number of nitrogens with one attached hydrogen (secondary N) is 1. The Balaban J connectivity index is 1.64. The second-order valence-corrected chi connectivity index (χ2v) is 8.20. The molecule has 1 aromatic carbocycles. The maximum atomic E-state index is 12.8. The minimum Gasteiger partial charge on any atom is -0.343 e. The number of aromatic nitrogens is 2. The number of amides is 1. The second kappa shape index (κ2) is 7.57. The van der Waals surface area contributed by atoms with E-state index in [9.17, 15) is 4.79 Å². The van der Waals surface area contributed by atoms with E-state index in [0.29, 0.717) is 6.54 Å². The Kier molecular flexibility index (Phi) is 5.13. The molecule has 0 saturated heterocycles. The summed E-state index contributed by atoms with van der Waals surface area (Å²) >= 11 is 6.28. The minimum absolute atomic E-state index is 0.0202. The van der Waals surface area contributed by atoms with E-state index in [1.165, 1.54) is 16.6 Å². The van der Waals surface area contributed by atoms with Crippen LogP contribution in [0.4, 0.5) is 5.69 Å². The van der Waals surface area contributed by atoms with E-state index in [-0.39, 0.29) is 11.8 Å². The summed E-state index contributed by atoms with van der Waals surface area (Å²) in [4.78, 5) is 19.2. The highest BCUT2D eigenvalue weighted by Crippen LogP contribution is 2.33. The highest BCUT2D eigenvalue weighted by atomic mass is 35.5. The van der Waals surface area contributed by atoms with Crippen molar-refractivity contribution in [2.75, 3.05) is 18.9 Å². The number of likely N-dealkylation sites (N-methyl/N-ethyl adjacent to an activating group) is 1. The van der Waals surface area contributed by atoms with Gasteiger partial charge in [0.15, 0.2) is 0 Å². The number of hydrogen-bond donors (Lipinski definition) is 1. The van der Waals surface area contributed by atoms with Gasteiger partial charge in [-0.05, 0) is 49.4 Å². The third-order valence-electron chi connectivity index (χ3n) is 5.59. The third-order valence-corrected chi connectivity index (χ3v) is 5.82. The summed E-state index contributed by atoms with van der Waals surface area (Å²) in [5, 5.41) is 5.00. The molecule has 0 aliphatic carbocycles. The van der Waals surface area contributed by atoms with Crippen LogP contribution in [0.3, 0.4) is 0 Å².